The molecule has 0 saturated carbocycles. The molecule has 108 valence electrons. The van der Waals surface area contributed by atoms with Crippen LogP contribution in [0.2, 0.25) is 0 Å². The van der Waals surface area contributed by atoms with Crippen LogP contribution in [0.15, 0.2) is 11.6 Å². The molecule has 0 bridgehead atoms. The van der Waals surface area contributed by atoms with E-state index in [-0.39, 0.29) is 28.3 Å². The minimum Gasteiger partial charge on any atom is -0.375 e. The zero-order valence-corrected chi connectivity index (χ0v) is 13.1. The second-order valence-corrected chi connectivity index (χ2v) is 6.55. The van der Waals surface area contributed by atoms with Crippen molar-refractivity contribution in [3.05, 3.63) is 11.6 Å². The van der Waals surface area contributed by atoms with E-state index < -0.39 is 0 Å². The Kier molecular flexibility index (Phi) is 5.50. The van der Waals surface area contributed by atoms with Gasteiger partial charge in [-0.1, -0.05) is 25.5 Å². The van der Waals surface area contributed by atoms with Crippen molar-refractivity contribution < 1.29 is 4.79 Å². The van der Waals surface area contributed by atoms with Crippen LogP contribution >= 0.6 is 12.2 Å². The second-order valence-electron chi connectivity index (χ2n) is 6.11. The average Bonchev–Trinajstić information content (AvgIpc) is 2.24. The number of allylic oxidation sites excluding steroid dienone is 2. The Hall–Kier alpha value is -0.940. The lowest BCUT2D eigenvalue weighted by Crippen LogP contribution is -2.47. The number of thiocarbonyl (C=S) groups is 1. The number of Topliss-reactive ketones (excluding diaryl/α,β-unsaturated/α-hetero) is 1. The van der Waals surface area contributed by atoms with Gasteiger partial charge in [-0.05, 0) is 44.3 Å². The van der Waals surface area contributed by atoms with E-state index in [1.807, 2.05) is 6.92 Å². The third-order valence-corrected chi connectivity index (χ3v) is 3.86. The smallest absolute Gasteiger partial charge is 0.178 e. The molecule has 0 aliphatic heterocycles. The Bertz CT molecular complexity index is 390. The molecular formula is C14H25N3OS. The molecule has 0 amide bonds. The number of ketones is 1. The van der Waals surface area contributed by atoms with E-state index in [1.165, 1.54) is 5.57 Å². The molecule has 0 aromatic carbocycles. The van der Waals surface area contributed by atoms with Gasteiger partial charge in [-0.3, -0.25) is 10.2 Å². The number of hydrogen-bond acceptors (Lipinski definition) is 3. The highest BCUT2D eigenvalue weighted by Crippen LogP contribution is 2.41. The summed E-state index contributed by atoms with van der Waals surface area (Å²) in [6.07, 6.45) is 4.79. The Balaban J connectivity index is 2.63. The molecule has 0 heterocycles. The first kappa shape index (κ1) is 16.1. The van der Waals surface area contributed by atoms with Crippen LogP contribution in [0.4, 0.5) is 0 Å². The Morgan fingerprint density at radius 3 is 2.79 bits per heavy atom. The van der Waals surface area contributed by atoms with E-state index in [4.69, 9.17) is 18.0 Å². The van der Waals surface area contributed by atoms with Crippen LogP contribution in [-0.4, -0.2) is 16.9 Å². The SMILES string of the molecule is CC1=CCCC(C)(C)C1C(=O)CC(C)NNC(N)=S. The molecule has 1 aliphatic rings. The second kappa shape index (κ2) is 6.48. The first-order valence-corrected chi connectivity index (χ1v) is 7.15. The van der Waals surface area contributed by atoms with Crippen LogP contribution in [-0.2, 0) is 4.79 Å². The molecule has 0 spiro atoms. The van der Waals surface area contributed by atoms with Gasteiger partial charge in [-0.15, -0.1) is 0 Å². The van der Waals surface area contributed by atoms with E-state index in [0.717, 1.165) is 12.8 Å². The van der Waals surface area contributed by atoms with Crippen molar-refractivity contribution in [2.45, 2.75) is 53.0 Å². The lowest BCUT2D eigenvalue weighted by Gasteiger charge is -2.37. The van der Waals surface area contributed by atoms with Gasteiger partial charge in [0.25, 0.3) is 0 Å². The van der Waals surface area contributed by atoms with Crippen LogP contribution in [0.5, 0.6) is 0 Å². The van der Waals surface area contributed by atoms with Gasteiger partial charge in [0.05, 0.1) is 0 Å². The largest absolute Gasteiger partial charge is 0.375 e. The predicted molar refractivity (Wildman–Crippen MR) is 82.4 cm³/mol. The molecule has 0 aromatic rings. The van der Waals surface area contributed by atoms with Gasteiger partial charge in [-0.2, -0.15) is 0 Å². The van der Waals surface area contributed by atoms with Gasteiger partial charge in [-0.25, -0.2) is 5.43 Å². The molecule has 0 radical (unpaired) electrons. The molecule has 4 N–H and O–H groups in total. The van der Waals surface area contributed by atoms with Crippen molar-refractivity contribution in [3.63, 3.8) is 0 Å². The predicted octanol–water partition coefficient (Wildman–Crippen LogP) is 2.05. The third-order valence-electron chi connectivity index (χ3n) is 3.76. The molecule has 1 rings (SSSR count). The zero-order valence-electron chi connectivity index (χ0n) is 12.2. The van der Waals surface area contributed by atoms with E-state index in [2.05, 4.69) is 37.7 Å². The summed E-state index contributed by atoms with van der Waals surface area (Å²) >= 11 is 4.72. The van der Waals surface area contributed by atoms with Crippen molar-refractivity contribution in [3.8, 4) is 0 Å². The molecule has 4 nitrogen and oxygen atoms in total. The first-order valence-electron chi connectivity index (χ1n) is 6.74. The normalized spacial score (nSPS) is 23.4. The average molecular weight is 283 g/mol. The van der Waals surface area contributed by atoms with E-state index in [9.17, 15) is 4.79 Å². The molecule has 0 saturated heterocycles. The van der Waals surface area contributed by atoms with Gasteiger partial charge >= 0.3 is 0 Å². The maximum absolute atomic E-state index is 12.5. The topological polar surface area (TPSA) is 67.2 Å². The molecular weight excluding hydrogens is 258 g/mol. The minimum absolute atomic E-state index is 0.000438. The summed E-state index contributed by atoms with van der Waals surface area (Å²) in [5.74, 6) is 0.304. The lowest BCUT2D eigenvalue weighted by molar-refractivity contribution is -0.125. The van der Waals surface area contributed by atoms with Crippen molar-refractivity contribution in [1.29, 1.82) is 0 Å². The number of rotatable bonds is 5. The van der Waals surface area contributed by atoms with Crippen LogP contribution < -0.4 is 16.6 Å². The van der Waals surface area contributed by atoms with Gasteiger partial charge in [0, 0.05) is 18.4 Å². The summed E-state index contributed by atoms with van der Waals surface area (Å²) in [4.78, 5) is 12.5. The Morgan fingerprint density at radius 2 is 2.26 bits per heavy atom. The standard InChI is InChI=1S/C14H25N3OS/c1-9-6-5-7-14(3,4)12(9)11(18)8-10(2)16-17-13(15)19/h6,10,12,16H,5,7-8H2,1-4H3,(H3,15,17,19). The quantitative estimate of drug-likeness (QED) is 0.409. The van der Waals surface area contributed by atoms with Crippen LogP contribution in [0.25, 0.3) is 0 Å². The van der Waals surface area contributed by atoms with Gasteiger partial charge < -0.3 is 5.73 Å². The monoisotopic (exact) mass is 283 g/mol. The molecule has 1 aliphatic carbocycles. The summed E-state index contributed by atoms with van der Waals surface area (Å²) < 4.78 is 0. The van der Waals surface area contributed by atoms with Gasteiger partial charge in [0.2, 0.25) is 0 Å². The minimum atomic E-state index is -0.000438. The maximum atomic E-state index is 12.5. The third kappa shape index (κ3) is 4.58. The fraction of sp³-hybridized carbons (Fsp3) is 0.714. The Morgan fingerprint density at radius 1 is 1.63 bits per heavy atom. The van der Waals surface area contributed by atoms with Crippen LogP contribution in [0, 0.1) is 11.3 Å². The molecule has 0 aromatic heterocycles. The maximum Gasteiger partial charge on any atom is 0.178 e. The fourth-order valence-electron chi connectivity index (χ4n) is 2.91. The van der Waals surface area contributed by atoms with Crippen molar-refractivity contribution in [1.82, 2.24) is 10.9 Å². The highest BCUT2D eigenvalue weighted by Gasteiger charge is 2.37. The summed E-state index contributed by atoms with van der Waals surface area (Å²) in [5.41, 5.74) is 12.2. The summed E-state index contributed by atoms with van der Waals surface area (Å²) in [6, 6.07) is -0.000438. The number of hydrazine groups is 1. The number of nitrogens with two attached hydrogens (primary N) is 1. The summed E-state index contributed by atoms with van der Waals surface area (Å²) in [6.45, 7) is 8.36. The summed E-state index contributed by atoms with van der Waals surface area (Å²) in [7, 11) is 0. The number of nitrogens with one attached hydrogen (secondary N) is 2. The van der Waals surface area contributed by atoms with Gasteiger partial charge in [0.15, 0.2) is 5.11 Å². The fourth-order valence-corrected chi connectivity index (χ4v) is 2.96. The number of carbonyl (C=O) groups excluding carboxylic acids is 1. The van der Waals surface area contributed by atoms with Gasteiger partial charge in [0.1, 0.15) is 5.78 Å². The molecule has 0 fully saturated rings. The lowest BCUT2D eigenvalue weighted by atomic mass is 9.66. The van der Waals surface area contributed by atoms with Crippen LogP contribution in [0.3, 0.4) is 0 Å². The molecule has 19 heavy (non-hydrogen) atoms. The molecule has 2 unspecified atom stereocenters. The highest BCUT2D eigenvalue weighted by atomic mass is 32.1. The summed E-state index contributed by atoms with van der Waals surface area (Å²) in [5, 5.41) is 0.188. The van der Waals surface area contributed by atoms with Crippen molar-refractivity contribution in [2.24, 2.45) is 17.1 Å². The van der Waals surface area contributed by atoms with Crippen molar-refractivity contribution in [2.75, 3.05) is 0 Å². The van der Waals surface area contributed by atoms with Crippen LogP contribution in [0.1, 0.15) is 47.0 Å². The first-order chi connectivity index (χ1) is 8.74. The van der Waals surface area contributed by atoms with Crippen molar-refractivity contribution >= 4 is 23.1 Å². The number of hydrogen-bond donors (Lipinski definition) is 3. The highest BCUT2D eigenvalue weighted by molar-refractivity contribution is 7.80. The molecule has 2 atom stereocenters. The molecule has 5 heteroatoms. The zero-order chi connectivity index (χ0) is 14.6. The van der Waals surface area contributed by atoms with E-state index >= 15 is 0 Å². The van der Waals surface area contributed by atoms with E-state index in [0.29, 0.717) is 6.42 Å². The number of carbonyl (C=O) groups is 1. The Labute approximate surface area is 121 Å². The van der Waals surface area contributed by atoms with E-state index in [1.54, 1.807) is 0 Å².